The lowest BCUT2D eigenvalue weighted by Crippen LogP contribution is -2.27. The molecule has 0 radical (unpaired) electrons. The average Bonchev–Trinajstić information content (AvgIpc) is 2.30. The van der Waals surface area contributed by atoms with Crippen LogP contribution in [0.4, 0.5) is 0 Å². The fourth-order valence-corrected chi connectivity index (χ4v) is 1.01. The van der Waals surface area contributed by atoms with E-state index in [1.165, 1.54) is 0 Å². The second-order valence-electron chi connectivity index (χ2n) is 2.89. The Hall–Kier alpha value is -1.88. The lowest BCUT2D eigenvalue weighted by Gasteiger charge is -2.05. The van der Waals surface area contributed by atoms with E-state index >= 15 is 0 Å². The Labute approximate surface area is 93.3 Å². The number of nitrogens with one attached hydrogen (secondary N) is 1. The van der Waals surface area contributed by atoms with Crippen molar-refractivity contribution in [3.05, 3.63) is 35.9 Å². The molecule has 0 aliphatic carbocycles. The van der Waals surface area contributed by atoms with Crippen LogP contribution in [-0.2, 0) is 14.4 Å². The molecule has 0 unspecified atom stereocenters. The molecule has 1 amide bonds. The van der Waals surface area contributed by atoms with E-state index in [1.54, 1.807) is 37.3 Å². The summed E-state index contributed by atoms with van der Waals surface area (Å²) in [4.78, 5) is 26.9. The van der Waals surface area contributed by atoms with E-state index in [-0.39, 0.29) is 13.2 Å². The summed E-state index contributed by atoms with van der Waals surface area (Å²) in [6.45, 7) is 1.68. The second kappa shape index (κ2) is 6.58. The molecule has 0 aliphatic rings. The highest BCUT2D eigenvalue weighted by atomic mass is 16.7. The summed E-state index contributed by atoms with van der Waals surface area (Å²) in [6.07, 6.45) is 0. The van der Waals surface area contributed by atoms with Gasteiger partial charge in [0, 0.05) is 5.56 Å². The number of esters is 1. The van der Waals surface area contributed by atoms with Crippen LogP contribution in [-0.4, -0.2) is 25.1 Å². The highest BCUT2D eigenvalue weighted by Crippen LogP contribution is 1.97. The molecule has 5 nitrogen and oxygen atoms in total. The monoisotopic (exact) mass is 223 g/mol. The van der Waals surface area contributed by atoms with E-state index in [2.05, 4.69) is 10.2 Å². The zero-order valence-electron chi connectivity index (χ0n) is 8.93. The number of carbonyl (C=O) groups excluding carboxylic acids is 2. The molecule has 1 N–H and O–H groups in total. The van der Waals surface area contributed by atoms with Gasteiger partial charge in [0.05, 0.1) is 6.61 Å². The summed E-state index contributed by atoms with van der Waals surface area (Å²) in [6, 6.07) is 8.56. The van der Waals surface area contributed by atoms with E-state index in [1.807, 2.05) is 0 Å². The summed E-state index contributed by atoms with van der Waals surface area (Å²) < 4.78 is 4.61. The minimum atomic E-state index is -0.518. The van der Waals surface area contributed by atoms with Gasteiger partial charge in [0.1, 0.15) is 0 Å². The van der Waals surface area contributed by atoms with Crippen molar-refractivity contribution >= 4 is 11.9 Å². The summed E-state index contributed by atoms with van der Waals surface area (Å²) in [5.41, 5.74) is 2.61. The topological polar surface area (TPSA) is 64.6 Å². The van der Waals surface area contributed by atoms with E-state index in [0.29, 0.717) is 5.56 Å². The number of amides is 1. The van der Waals surface area contributed by atoms with E-state index < -0.39 is 11.9 Å². The molecule has 5 heteroatoms. The van der Waals surface area contributed by atoms with Gasteiger partial charge in [0.15, 0.2) is 6.61 Å². The largest absolute Gasteiger partial charge is 0.464 e. The molecule has 0 bridgehead atoms. The molecule has 1 rings (SSSR count). The number of ether oxygens (including phenoxy) is 1. The van der Waals surface area contributed by atoms with E-state index in [9.17, 15) is 9.59 Å². The Balaban J connectivity index is 2.29. The fraction of sp³-hybridized carbons (Fsp3) is 0.273. The Bertz CT molecular complexity index is 350. The first-order valence-electron chi connectivity index (χ1n) is 4.87. The number of hydrogen-bond donors (Lipinski definition) is 1. The Morgan fingerprint density at radius 2 is 1.94 bits per heavy atom. The molecule has 0 aliphatic heterocycles. The highest BCUT2D eigenvalue weighted by molar-refractivity contribution is 5.93. The third-order valence-electron chi connectivity index (χ3n) is 1.70. The molecule has 0 atom stereocenters. The van der Waals surface area contributed by atoms with Crippen molar-refractivity contribution in [1.82, 2.24) is 5.48 Å². The predicted octanol–water partition coefficient (Wildman–Crippen LogP) is 0.911. The van der Waals surface area contributed by atoms with Crippen LogP contribution >= 0.6 is 0 Å². The van der Waals surface area contributed by atoms with Crippen molar-refractivity contribution < 1.29 is 19.2 Å². The molecule has 0 fully saturated rings. The van der Waals surface area contributed by atoms with Crippen molar-refractivity contribution in [2.45, 2.75) is 6.92 Å². The Kier molecular flexibility index (Phi) is 5.01. The van der Waals surface area contributed by atoms with Crippen molar-refractivity contribution in [1.29, 1.82) is 0 Å². The number of rotatable bonds is 5. The van der Waals surface area contributed by atoms with Crippen molar-refractivity contribution in [3.63, 3.8) is 0 Å². The number of hydrogen-bond acceptors (Lipinski definition) is 4. The normalized spacial score (nSPS) is 9.56. The molecule has 1 aromatic rings. The molecule has 0 aromatic heterocycles. The molecule has 86 valence electrons. The third-order valence-corrected chi connectivity index (χ3v) is 1.70. The Morgan fingerprint density at radius 1 is 1.25 bits per heavy atom. The van der Waals surface area contributed by atoms with Gasteiger partial charge in [-0.15, -0.1) is 0 Å². The molecule has 1 aromatic carbocycles. The summed E-state index contributed by atoms with van der Waals surface area (Å²) in [7, 11) is 0. The van der Waals surface area contributed by atoms with E-state index in [4.69, 9.17) is 4.84 Å². The third kappa shape index (κ3) is 4.10. The minimum absolute atomic E-state index is 0.287. The summed E-state index contributed by atoms with van der Waals surface area (Å²) >= 11 is 0. The number of hydroxylamine groups is 1. The van der Waals surface area contributed by atoms with Gasteiger partial charge < -0.3 is 4.74 Å². The van der Waals surface area contributed by atoms with Gasteiger partial charge in [-0.05, 0) is 19.1 Å². The van der Waals surface area contributed by atoms with E-state index in [0.717, 1.165) is 0 Å². The van der Waals surface area contributed by atoms with Crippen LogP contribution in [0.2, 0.25) is 0 Å². The van der Waals surface area contributed by atoms with Crippen LogP contribution in [0.1, 0.15) is 17.3 Å². The zero-order chi connectivity index (χ0) is 11.8. The number of benzene rings is 1. The maximum atomic E-state index is 11.4. The van der Waals surface area contributed by atoms with Gasteiger partial charge in [-0.3, -0.25) is 9.63 Å². The standard InChI is InChI=1S/C11H13NO4/c1-2-15-10(13)8-16-12-11(14)9-6-4-3-5-7-9/h3-7H,2,8H2,1H3,(H,12,14). The first-order chi connectivity index (χ1) is 7.74. The maximum absolute atomic E-state index is 11.4. The first-order valence-corrected chi connectivity index (χ1v) is 4.87. The summed E-state index contributed by atoms with van der Waals surface area (Å²) in [5, 5.41) is 0. The maximum Gasteiger partial charge on any atom is 0.334 e. The molecule has 0 spiro atoms. The van der Waals surface area contributed by atoms with Crippen LogP contribution < -0.4 is 5.48 Å². The lowest BCUT2D eigenvalue weighted by molar-refractivity contribution is -0.150. The smallest absolute Gasteiger partial charge is 0.334 e. The van der Waals surface area contributed by atoms with Gasteiger partial charge in [0.25, 0.3) is 5.91 Å². The first kappa shape index (κ1) is 12.2. The molecular formula is C11H13NO4. The fourth-order valence-electron chi connectivity index (χ4n) is 1.01. The summed E-state index contributed by atoms with van der Waals surface area (Å²) in [5.74, 6) is -0.916. The highest BCUT2D eigenvalue weighted by Gasteiger charge is 2.06. The Morgan fingerprint density at radius 3 is 2.56 bits per heavy atom. The molecular weight excluding hydrogens is 210 g/mol. The van der Waals surface area contributed by atoms with Crippen molar-refractivity contribution in [2.24, 2.45) is 0 Å². The van der Waals surface area contributed by atoms with Crippen molar-refractivity contribution in [3.8, 4) is 0 Å². The molecule has 0 saturated heterocycles. The van der Waals surface area contributed by atoms with Gasteiger partial charge in [0.2, 0.25) is 0 Å². The van der Waals surface area contributed by atoms with Crippen molar-refractivity contribution in [2.75, 3.05) is 13.2 Å². The van der Waals surface area contributed by atoms with Crippen LogP contribution in [0.3, 0.4) is 0 Å². The van der Waals surface area contributed by atoms with Crippen LogP contribution in [0.15, 0.2) is 30.3 Å². The quantitative estimate of drug-likeness (QED) is 0.595. The van der Waals surface area contributed by atoms with Gasteiger partial charge in [-0.25, -0.2) is 10.3 Å². The zero-order valence-corrected chi connectivity index (χ0v) is 8.93. The van der Waals surface area contributed by atoms with Crippen LogP contribution in [0, 0.1) is 0 Å². The lowest BCUT2D eigenvalue weighted by atomic mass is 10.2. The van der Waals surface area contributed by atoms with Gasteiger partial charge in [-0.1, -0.05) is 18.2 Å². The van der Waals surface area contributed by atoms with Crippen LogP contribution in [0.5, 0.6) is 0 Å². The number of carbonyl (C=O) groups is 2. The molecule has 0 saturated carbocycles. The molecule has 0 heterocycles. The SMILES string of the molecule is CCOC(=O)CONC(=O)c1ccccc1. The van der Waals surface area contributed by atoms with Gasteiger partial charge >= 0.3 is 5.97 Å². The van der Waals surface area contributed by atoms with Crippen LogP contribution in [0.25, 0.3) is 0 Å². The van der Waals surface area contributed by atoms with Gasteiger partial charge in [-0.2, -0.15) is 0 Å². The minimum Gasteiger partial charge on any atom is -0.464 e. The second-order valence-corrected chi connectivity index (χ2v) is 2.89. The average molecular weight is 223 g/mol. The predicted molar refractivity (Wildman–Crippen MR) is 56.5 cm³/mol. The molecule has 16 heavy (non-hydrogen) atoms.